The fourth-order valence-electron chi connectivity index (χ4n) is 3.84. The maximum Gasteiger partial charge on any atom is 0.469 e. The lowest BCUT2D eigenvalue weighted by Gasteiger charge is -2.18. The number of phosphoric ester groups is 1. The van der Waals surface area contributed by atoms with Gasteiger partial charge in [0.05, 0.1) is 17.8 Å². The number of aromatic amines is 1. The molecule has 14 heteroatoms. The summed E-state index contributed by atoms with van der Waals surface area (Å²) in [5, 5.41) is 14.0. The van der Waals surface area contributed by atoms with E-state index in [4.69, 9.17) is 14.5 Å². The fourth-order valence-corrected chi connectivity index (χ4v) is 4.16. The molecule has 0 unspecified atom stereocenters. The van der Waals surface area contributed by atoms with E-state index in [0.29, 0.717) is 67.9 Å². The third-order valence-corrected chi connectivity index (χ3v) is 6.40. The van der Waals surface area contributed by atoms with Gasteiger partial charge in [-0.05, 0) is 36.9 Å². The zero-order chi connectivity index (χ0) is 29.1. The van der Waals surface area contributed by atoms with E-state index in [9.17, 15) is 8.96 Å². The summed E-state index contributed by atoms with van der Waals surface area (Å²) in [6.45, 7) is 4.38. The van der Waals surface area contributed by atoms with Crippen LogP contribution in [-0.2, 0) is 9.09 Å². The molecule has 2 aromatic heterocycles. The predicted molar refractivity (Wildman–Crippen MR) is 153 cm³/mol. The first-order chi connectivity index (χ1) is 19.8. The van der Waals surface area contributed by atoms with E-state index in [2.05, 4.69) is 47.2 Å². The average molecular weight is 584 g/mol. The smallest absolute Gasteiger partial charge is 0.469 e. The van der Waals surface area contributed by atoms with Gasteiger partial charge >= 0.3 is 7.82 Å². The molecule has 2 aromatic carbocycles. The van der Waals surface area contributed by atoms with Crippen molar-refractivity contribution in [1.82, 2.24) is 25.1 Å². The molecular weight excluding hydrogens is 552 g/mol. The number of likely N-dealkylation sites (N-methyl/N-ethyl adjacent to an activating group) is 1. The zero-order valence-electron chi connectivity index (χ0n) is 22.4. The van der Waals surface area contributed by atoms with Gasteiger partial charge in [-0.1, -0.05) is 30.9 Å². The molecular formula is C27H31FN7O5P. The SMILES string of the molecule is CCN(CCC#Cc1ccc2c(Nc3cc(OCCNc4ccccc4F)n[nH]3)ncnc2c1)CCOP(=O)(O)O. The van der Waals surface area contributed by atoms with Gasteiger partial charge in [-0.25, -0.2) is 18.9 Å². The molecule has 0 bridgehead atoms. The number of phosphoric acid groups is 1. The monoisotopic (exact) mass is 583 g/mol. The van der Waals surface area contributed by atoms with E-state index in [-0.39, 0.29) is 12.4 Å². The van der Waals surface area contributed by atoms with Crippen molar-refractivity contribution in [3.63, 3.8) is 0 Å². The van der Waals surface area contributed by atoms with Crippen molar-refractivity contribution < 1.29 is 28.0 Å². The number of fused-ring (bicyclic) bond motifs is 1. The fraction of sp³-hybridized carbons (Fsp3) is 0.296. The molecule has 0 spiro atoms. The normalized spacial score (nSPS) is 11.3. The number of nitrogens with zero attached hydrogens (tertiary/aromatic N) is 4. The van der Waals surface area contributed by atoms with Crippen LogP contribution in [0.25, 0.3) is 10.9 Å². The van der Waals surface area contributed by atoms with E-state index in [0.717, 1.165) is 10.9 Å². The zero-order valence-corrected chi connectivity index (χ0v) is 23.3. The van der Waals surface area contributed by atoms with Crippen molar-refractivity contribution in [3.05, 3.63) is 66.2 Å². The van der Waals surface area contributed by atoms with Crippen molar-refractivity contribution >= 4 is 36.0 Å². The third-order valence-electron chi connectivity index (χ3n) is 5.89. The highest BCUT2D eigenvalue weighted by molar-refractivity contribution is 7.46. The summed E-state index contributed by atoms with van der Waals surface area (Å²) in [4.78, 5) is 28.3. The van der Waals surface area contributed by atoms with Gasteiger partial charge in [-0.3, -0.25) is 9.62 Å². The van der Waals surface area contributed by atoms with Crippen LogP contribution < -0.4 is 15.4 Å². The molecule has 0 aliphatic rings. The average Bonchev–Trinajstić information content (AvgIpc) is 3.39. The maximum atomic E-state index is 13.7. The van der Waals surface area contributed by atoms with Crippen LogP contribution >= 0.6 is 7.82 Å². The molecule has 0 saturated carbocycles. The Hall–Kier alpha value is -4.05. The van der Waals surface area contributed by atoms with Crippen LogP contribution in [0.5, 0.6) is 5.88 Å². The lowest BCUT2D eigenvalue weighted by atomic mass is 10.1. The Labute approximate surface area is 236 Å². The Balaban J connectivity index is 1.28. The molecule has 0 aliphatic carbocycles. The number of H-pyrrole nitrogens is 1. The first kappa shape index (κ1) is 29.9. The number of anilines is 3. The maximum absolute atomic E-state index is 13.7. The number of para-hydroxylation sites is 1. The molecule has 0 saturated heterocycles. The van der Waals surface area contributed by atoms with Crippen molar-refractivity contribution in [1.29, 1.82) is 0 Å². The first-order valence-electron chi connectivity index (χ1n) is 12.9. The first-order valence-corrected chi connectivity index (χ1v) is 14.4. The van der Waals surface area contributed by atoms with Crippen LogP contribution in [0, 0.1) is 17.7 Å². The predicted octanol–water partition coefficient (Wildman–Crippen LogP) is 3.90. The van der Waals surface area contributed by atoms with Gasteiger partial charge in [-0.15, -0.1) is 5.10 Å². The van der Waals surface area contributed by atoms with E-state index >= 15 is 0 Å². The highest BCUT2D eigenvalue weighted by Crippen LogP contribution is 2.35. The molecule has 216 valence electrons. The largest absolute Gasteiger partial charge is 0.475 e. The second-order valence-corrected chi connectivity index (χ2v) is 10.0. The van der Waals surface area contributed by atoms with E-state index in [1.54, 1.807) is 24.3 Å². The van der Waals surface area contributed by atoms with Gasteiger partial charge in [-0.2, -0.15) is 0 Å². The molecule has 2 heterocycles. The number of hydrogen-bond donors (Lipinski definition) is 5. The van der Waals surface area contributed by atoms with Crippen molar-refractivity contribution in [2.24, 2.45) is 0 Å². The molecule has 0 atom stereocenters. The summed E-state index contributed by atoms with van der Waals surface area (Å²) >= 11 is 0. The van der Waals surface area contributed by atoms with Crippen molar-refractivity contribution in [2.75, 3.05) is 50.0 Å². The topological polar surface area (TPSA) is 158 Å². The van der Waals surface area contributed by atoms with Gasteiger partial charge in [0.15, 0.2) is 0 Å². The van der Waals surface area contributed by atoms with Crippen LogP contribution in [0.1, 0.15) is 18.9 Å². The summed E-state index contributed by atoms with van der Waals surface area (Å²) in [6, 6.07) is 13.8. The van der Waals surface area contributed by atoms with Gasteiger partial charge < -0.3 is 30.1 Å². The van der Waals surface area contributed by atoms with Crippen LogP contribution in [0.3, 0.4) is 0 Å². The minimum Gasteiger partial charge on any atom is -0.475 e. The number of nitrogens with one attached hydrogen (secondary N) is 3. The highest BCUT2D eigenvalue weighted by atomic mass is 31.2. The number of halogens is 1. The molecule has 12 nitrogen and oxygen atoms in total. The van der Waals surface area contributed by atoms with Crippen LogP contribution in [0.15, 0.2) is 54.9 Å². The number of benzene rings is 2. The Morgan fingerprint density at radius 1 is 1.12 bits per heavy atom. The van der Waals surface area contributed by atoms with E-state index in [1.807, 2.05) is 30.0 Å². The van der Waals surface area contributed by atoms with Crippen molar-refractivity contribution in [3.8, 4) is 17.7 Å². The molecule has 0 radical (unpaired) electrons. The lowest BCUT2D eigenvalue weighted by Crippen LogP contribution is -2.28. The second kappa shape index (κ2) is 14.5. The van der Waals surface area contributed by atoms with Crippen LogP contribution in [0.4, 0.5) is 21.7 Å². The number of aromatic nitrogens is 4. The Bertz CT molecular complexity index is 1550. The molecule has 41 heavy (non-hydrogen) atoms. The summed E-state index contributed by atoms with van der Waals surface area (Å²) in [7, 11) is -4.45. The number of ether oxygens (including phenoxy) is 1. The Kier molecular flexibility index (Phi) is 10.6. The minimum atomic E-state index is -4.45. The van der Waals surface area contributed by atoms with E-state index < -0.39 is 7.82 Å². The summed E-state index contributed by atoms with van der Waals surface area (Å²) in [5.41, 5.74) is 1.93. The van der Waals surface area contributed by atoms with Crippen LogP contribution in [0.2, 0.25) is 0 Å². The highest BCUT2D eigenvalue weighted by Gasteiger charge is 2.14. The Morgan fingerprint density at radius 3 is 2.78 bits per heavy atom. The molecule has 0 amide bonds. The van der Waals surface area contributed by atoms with Crippen molar-refractivity contribution in [2.45, 2.75) is 13.3 Å². The summed E-state index contributed by atoms with van der Waals surface area (Å²) in [5.74, 6) is 7.50. The molecule has 4 rings (SSSR count). The van der Waals surface area contributed by atoms with Crippen LogP contribution in [-0.4, -0.2) is 74.2 Å². The van der Waals surface area contributed by atoms with E-state index in [1.165, 1.54) is 12.4 Å². The summed E-state index contributed by atoms with van der Waals surface area (Å²) < 4.78 is 34.6. The standard InChI is InChI=1S/C27H31FN7O5P/c1-2-35(14-16-40-41(36,37)38)13-6-5-7-20-10-11-21-24(17-20)30-19-31-27(21)32-25-18-26(34-33-25)39-15-12-29-23-9-4-3-8-22(23)28/h3-4,8-11,17-19,29H,2,6,12-16H2,1H3,(H2,36,37,38)(H2,30,31,32,33,34). The Morgan fingerprint density at radius 2 is 1.98 bits per heavy atom. The van der Waals surface area contributed by atoms with Gasteiger partial charge in [0.1, 0.15) is 30.4 Å². The molecule has 4 aromatic rings. The third kappa shape index (κ3) is 9.53. The van der Waals surface area contributed by atoms with Gasteiger partial charge in [0.2, 0.25) is 5.88 Å². The lowest BCUT2D eigenvalue weighted by molar-refractivity contribution is 0.165. The van der Waals surface area contributed by atoms with Gasteiger partial charge in [0.25, 0.3) is 0 Å². The molecule has 5 N–H and O–H groups in total. The summed E-state index contributed by atoms with van der Waals surface area (Å²) in [6.07, 6.45) is 2.05. The second-order valence-electron chi connectivity index (χ2n) is 8.76. The minimum absolute atomic E-state index is 0.0479. The van der Waals surface area contributed by atoms with Gasteiger partial charge in [0, 0.05) is 43.1 Å². The molecule has 0 fully saturated rings. The molecule has 0 aliphatic heterocycles. The quantitative estimate of drug-likeness (QED) is 0.0833. The number of hydrogen-bond acceptors (Lipinski definition) is 9. The number of rotatable bonds is 14.